The molecule has 0 saturated carbocycles. The van der Waals surface area contributed by atoms with Crippen molar-refractivity contribution >= 4 is 17.5 Å². The number of rotatable bonds is 2. The highest BCUT2D eigenvalue weighted by Crippen LogP contribution is 2.10. The summed E-state index contributed by atoms with van der Waals surface area (Å²) in [6.45, 7) is 6.54. The molecule has 4 heteroatoms. The maximum atomic E-state index is 11.7. The van der Waals surface area contributed by atoms with Gasteiger partial charge in [-0.15, -0.1) is 11.6 Å². The summed E-state index contributed by atoms with van der Waals surface area (Å²) in [7, 11) is 0. The third kappa shape index (κ3) is 3.84. The minimum Gasteiger partial charge on any atom is -0.378 e. The van der Waals surface area contributed by atoms with E-state index in [1.165, 1.54) is 0 Å². The molecule has 82 valence electrons. The predicted octanol–water partition coefficient (Wildman–Crippen LogP) is 1.50. The fourth-order valence-corrected chi connectivity index (χ4v) is 1.73. The molecule has 1 unspecified atom stereocenters. The lowest BCUT2D eigenvalue weighted by Gasteiger charge is -2.21. The van der Waals surface area contributed by atoms with Crippen LogP contribution in [0.15, 0.2) is 0 Å². The Morgan fingerprint density at radius 2 is 2.36 bits per heavy atom. The van der Waals surface area contributed by atoms with E-state index in [4.69, 9.17) is 16.3 Å². The topological polar surface area (TPSA) is 29.5 Å². The highest BCUT2D eigenvalue weighted by molar-refractivity contribution is 6.21. The summed E-state index contributed by atoms with van der Waals surface area (Å²) in [6.07, 6.45) is 0.601. The van der Waals surface area contributed by atoms with E-state index >= 15 is 0 Å². The van der Waals surface area contributed by atoms with Crippen LogP contribution in [-0.2, 0) is 9.53 Å². The van der Waals surface area contributed by atoms with Gasteiger partial charge >= 0.3 is 0 Å². The van der Waals surface area contributed by atoms with Gasteiger partial charge in [0.25, 0.3) is 0 Å². The van der Waals surface area contributed by atoms with Crippen molar-refractivity contribution in [3.63, 3.8) is 0 Å². The highest BCUT2D eigenvalue weighted by atomic mass is 35.5. The lowest BCUT2D eigenvalue weighted by atomic mass is 10.1. The molecule has 0 radical (unpaired) electrons. The minimum absolute atomic E-state index is 0.0615. The van der Waals surface area contributed by atoms with Crippen molar-refractivity contribution in [3.05, 3.63) is 0 Å². The summed E-state index contributed by atoms with van der Waals surface area (Å²) in [6, 6.07) is 0. The fourth-order valence-electron chi connectivity index (χ4n) is 1.47. The largest absolute Gasteiger partial charge is 0.378 e. The first-order valence-electron chi connectivity index (χ1n) is 5.09. The van der Waals surface area contributed by atoms with Crippen molar-refractivity contribution in [1.82, 2.24) is 4.90 Å². The Hall–Kier alpha value is -0.280. The average molecular weight is 220 g/mol. The van der Waals surface area contributed by atoms with Crippen LogP contribution in [-0.4, -0.2) is 42.5 Å². The van der Waals surface area contributed by atoms with E-state index in [0.717, 1.165) is 0 Å². The zero-order chi connectivity index (χ0) is 10.6. The molecule has 1 rings (SSSR count). The first-order chi connectivity index (χ1) is 6.59. The summed E-state index contributed by atoms with van der Waals surface area (Å²) in [5, 5.41) is -0.0615. The number of nitrogens with zero attached hydrogens (tertiary/aromatic N) is 1. The van der Waals surface area contributed by atoms with Gasteiger partial charge in [-0.25, -0.2) is 0 Å². The van der Waals surface area contributed by atoms with Crippen molar-refractivity contribution in [3.8, 4) is 0 Å². The molecule has 1 atom stereocenters. The molecule has 1 saturated heterocycles. The number of carbonyl (C=O) groups excluding carboxylic acids is 1. The zero-order valence-electron chi connectivity index (χ0n) is 8.83. The number of hydrogen-bond acceptors (Lipinski definition) is 2. The average Bonchev–Trinajstić information content (AvgIpc) is 2.28. The molecule has 0 aromatic carbocycles. The predicted molar refractivity (Wildman–Crippen MR) is 56.5 cm³/mol. The maximum Gasteiger partial charge on any atom is 0.222 e. The van der Waals surface area contributed by atoms with Gasteiger partial charge in [-0.3, -0.25) is 4.79 Å². The highest BCUT2D eigenvalue weighted by Gasteiger charge is 2.21. The molecule has 0 aliphatic carbocycles. The monoisotopic (exact) mass is 219 g/mol. The van der Waals surface area contributed by atoms with E-state index in [1.807, 2.05) is 18.7 Å². The molecule has 1 fully saturated rings. The van der Waals surface area contributed by atoms with E-state index in [1.54, 1.807) is 0 Å². The van der Waals surface area contributed by atoms with Crippen LogP contribution >= 0.6 is 11.6 Å². The molecule has 0 N–H and O–H groups in total. The second-order valence-corrected chi connectivity index (χ2v) is 4.73. The molecule has 0 aromatic rings. The van der Waals surface area contributed by atoms with Gasteiger partial charge in [0.1, 0.15) is 0 Å². The van der Waals surface area contributed by atoms with E-state index in [2.05, 4.69) is 0 Å². The Kier molecular flexibility index (Phi) is 4.69. The number of alkyl halides is 1. The van der Waals surface area contributed by atoms with Crippen LogP contribution in [0, 0.1) is 5.92 Å². The fraction of sp³-hybridized carbons (Fsp3) is 0.900. The van der Waals surface area contributed by atoms with Gasteiger partial charge in [-0.2, -0.15) is 0 Å². The number of halogens is 1. The quantitative estimate of drug-likeness (QED) is 0.659. The first kappa shape index (κ1) is 11.8. The summed E-state index contributed by atoms with van der Waals surface area (Å²) < 4.78 is 5.27. The maximum absolute atomic E-state index is 11.7. The summed E-state index contributed by atoms with van der Waals surface area (Å²) >= 11 is 5.98. The van der Waals surface area contributed by atoms with Crippen molar-refractivity contribution in [2.24, 2.45) is 5.92 Å². The molecule has 0 spiro atoms. The van der Waals surface area contributed by atoms with E-state index < -0.39 is 0 Å². The Morgan fingerprint density at radius 1 is 1.64 bits per heavy atom. The molecule has 14 heavy (non-hydrogen) atoms. The van der Waals surface area contributed by atoms with E-state index in [9.17, 15) is 4.79 Å². The van der Waals surface area contributed by atoms with Crippen molar-refractivity contribution in [2.75, 3.05) is 26.3 Å². The number of carbonyl (C=O) groups is 1. The number of hydrogen-bond donors (Lipinski definition) is 0. The Morgan fingerprint density at radius 3 is 3.00 bits per heavy atom. The van der Waals surface area contributed by atoms with Gasteiger partial charge in [0, 0.05) is 19.5 Å². The third-order valence-electron chi connectivity index (χ3n) is 2.16. The van der Waals surface area contributed by atoms with Crippen LogP contribution in [0.1, 0.15) is 20.3 Å². The molecule has 1 amide bonds. The molecule has 1 heterocycles. The summed E-state index contributed by atoms with van der Waals surface area (Å²) in [5.74, 6) is 0.594. The smallest absolute Gasteiger partial charge is 0.222 e. The Bertz CT molecular complexity index is 197. The Balaban J connectivity index is 2.44. The third-order valence-corrected chi connectivity index (χ3v) is 2.42. The lowest BCUT2D eigenvalue weighted by molar-refractivity contribution is -0.131. The second-order valence-electron chi connectivity index (χ2n) is 4.11. The van der Waals surface area contributed by atoms with E-state index in [-0.39, 0.29) is 11.3 Å². The van der Waals surface area contributed by atoms with Crippen LogP contribution in [0.2, 0.25) is 0 Å². The molecular weight excluding hydrogens is 202 g/mol. The first-order valence-corrected chi connectivity index (χ1v) is 5.53. The molecule has 0 bridgehead atoms. The van der Waals surface area contributed by atoms with Crippen LogP contribution in [0.25, 0.3) is 0 Å². The van der Waals surface area contributed by atoms with Crippen LogP contribution in [0.4, 0.5) is 0 Å². The van der Waals surface area contributed by atoms with Gasteiger partial charge < -0.3 is 9.64 Å². The van der Waals surface area contributed by atoms with Crippen molar-refractivity contribution in [1.29, 1.82) is 0 Å². The normalized spacial score (nSPS) is 23.7. The Labute approximate surface area is 90.4 Å². The molecule has 0 aromatic heterocycles. The standard InChI is InChI=1S/C10H18ClNO2/c1-8(2)5-10(13)12-3-4-14-7-9(11)6-12/h8-9H,3-7H2,1-2H3. The number of ether oxygens (including phenoxy) is 1. The molecule has 3 nitrogen and oxygen atoms in total. The van der Waals surface area contributed by atoms with Crippen molar-refractivity contribution < 1.29 is 9.53 Å². The number of amides is 1. The van der Waals surface area contributed by atoms with Gasteiger partial charge in [0.15, 0.2) is 0 Å². The summed E-state index contributed by atoms with van der Waals surface area (Å²) in [5.41, 5.74) is 0. The van der Waals surface area contributed by atoms with Gasteiger partial charge in [-0.1, -0.05) is 13.8 Å². The molecule has 1 aliphatic heterocycles. The van der Waals surface area contributed by atoms with E-state index in [0.29, 0.717) is 38.6 Å². The second kappa shape index (κ2) is 5.56. The van der Waals surface area contributed by atoms with Gasteiger partial charge in [0.05, 0.1) is 18.6 Å². The molecule has 1 aliphatic rings. The van der Waals surface area contributed by atoms with Crippen LogP contribution in [0.5, 0.6) is 0 Å². The summed E-state index contributed by atoms with van der Waals surface area (Å²) in [4.78, 5) is 13.5. The SMILES string of the molecule is CC(C)CC(=O)N1CCOCC(Cl)C1. The minimum atomic E-state index is -0.0615. The van der Waals surface area contributed by atoms with Gasteiger partial charge in [-0.05, 0) is 5.92 Å². The zero-order valence-corrected chi connectivity index (χ0v) is 9.59. The van der Waals surface area contributed by atoms with Crippen LogP contribution < -0.4 is 0 Å². The van der Waals surface area contributed by atoms with Crippen LogP contribution in [0.3, 0.4) is 0 Å². The van der Waals surface area contributed by atoms with Crippen molar-refractivity contribution in [2.45, 2.75) is 25.6 Å². The molecular formula is C10H18ClNO2. The van der Waals surface area contributed by atoms with Gasteiger partial charge in [0.2, 0.25) is 5.91 Å². The lowest BCUT2D eigenvalue weighted by Crippen LogP contribution is -2.36.